The minimum absolute atomic E-state index is 0.113. The summed E-state index contributed by atoms with van der Waals surface area (Å²) in [6.07, 6.45) is -1.30. The largest absolute Gasteiger partial charge is 0.508 e. The number of Topliss-reactive ketones (excluding diaryl/α,β-unsaturated/α-hetero) is 1. The lowest BCUT2D eigenvalue weighted by molar-refractivity contribution is -0.0884. The molecule has 33 heavy (non-hydrogen) atoms. The van der Waals surface area contributed by atoms with Crippen molar-refractivity contribution in [1.82, 2.24) is 5.32 Å². The SMILES string of the molecule is CCCOC(=O)O[C@H]1[C@@H](NC(=O)c2ccc(F)c(Cl)c2)c2cc(C(C)=O)ccc2OC1(C)C. The number of rotatable bonds is 6. The molecule has 0 aromatic heterocycles. The van der Waals surface area contributed by atoms with Crippen LogP contribution in [-0.2, 0) is 9.47 Å². The van der Waals surface area contributed by atoms with E-state index in [1.54, 1.807) is 32.0 Å². The average molecular weight is 478 g/mol. The van der Waals surface area contributed by atoms with Gasteiger partial charge in [0.15, 0.2) is 11.9 Å². The van der Waals surface area contributed by atoms with Crippen LogP contribution < -0.4 is 10.1 Å². The van der Waals surface area contributed by atoms with E-state index >= 15 is 0 Å². The Kier molecular flexibility index (Phi) is 7.27. The molecule has 1 aliphatic rings. The first-order chi connectivity index (χ1) is 15.5. The van der Waals surface area contributed by atoms with Gasteiger partial charge in [0.1, 0.15) is 17.2 Å². The summed E-state index contributed by atoms with van der Waals surface area (Å²) in [6.45, 7) is 6.85. The molecule has 0 unspecified atom stereocenters. The van der Waals surface area contributed by atoms with Gasteiger partial charge in [-0.05, 0) is 63.6 Å². The third-order valence-electron chi connectivity index (χ3n) is 5.23. The predicted molar refractivity (Wildman–Crippen MR) is 119 cm³/mol. The van der Waals surface area contributed by atoms with E-state index in [4.69, 9.17) is 25.8 Å². The number of hydrogen-bond donors (Lipinski definition) is 1. The van der Waals surface area contributed by atoms with Crippen molar-refractivity contribution >= 4 is 29.4 Å². The summed E-state index contributed by atoms with van der Waals surface area (Å²) in [7, 11) is 0. The molecule has 0 radical (unpaired) electrons. The molecule has 1 aliphatic heterocycles. The smallest absolute Gasteiger partial charge is 0.484 e. The van der Waals surface area contributed by atoms with E-state index in [-0.39, 0.29) is 23.0 Å². The van der Waals surface area contributed by atoms with Gasteiger partial charge in [-0.2, -0.15) is 0 Å². The third kappa shape index (κ3) is 5.45. The van der Waals surface area contributed by atoms with Crippen LogP contribution in [0.4, 0.5) is 9.18 Å². The van der Waals surface area contributed by atoms with Crippen molar-refractivity contribution in [3.63, 3.8) is 0 Å². The molecule has 9 heteroatoms. The predicted octanol–water partition coefficient (Wildman–Crippen LogP) is 5.26. The summed E-state index contributed by atoms with van der Waals surface area (Å²) in [5, 5.41) is 2.62. The number of amides is 1. The summed E-state index contributed by atoms with van der Waals surface area (Å²) in [5.74, 6) is -0.988. The van der Waals surface area contributed by atoms with E-state index in [0.717, 1.165) is 6.07 Å². The summed E-state index contributed by atoms with van der Waals surface area (Å²) in [5.41, 5.74) is -0.0958. The van der Waals surface area contributed by atoms with Crippen LogP contribution in [0.15, 0.2) is 36.4 Å². The zero-order valence-corrected chi connectivity index (χ0v) is 19.5. The number of ether oxygens (including phenoxy) is 3. The maximum Gasteiger partial charge on any atom is 0.508 e. The fraction of sp³-hybridized carbons (Fsp3) is 0.375. The molecule has 0 fully saturated rings. The Balaban J connectivity index is 2.03. The van der Waals surface area contributed by atoms with Crippen LogP contribution in [0.2, 0.25) is 5.02 Å². The van der Waals surface area contributed by atoms with Gasteiger partial charge < -0.3 is 19.5 Å². The van der Waals surface area contributed by atoms with Crippen molar-refractivity contribution in [3.8, 4) is 5.75 Å². The maximum absolute atomic E-state index is 13.6. The molecule has 0 saturated heterocycles. The van der Waals surface area contributed by atoms with Gasteiger partial charge in [0, 0.05) is 16.7 Å². The molecule has 1 N–H and O–H groups in total. The van der Waals surface area contributed by atoms with E-state index < -0.39 is 35.6 Å². The Morgan fingerprint density at radius 1 is 1.15 bits per heavy atom. The lowest BCUT2D eigenvalue weighted by Gasteiger charge is -2.43. The van der Waals surface area contributed by atoms with Crippen molar-refractivity contribution < 1.29 is 33.0 Å². The molecule has 0 spiro atoms. The van der Waals surface area contributed by atoms with E-state index in [1.807, 2.05) is 6.92 Å². The zero-order valence-electron chi connectivity index (χ0n) is 18.7. The average Bonchev–Trinajstić information content (AvgIpc) is 2.75. The normalized spacial score (nSPS) is 18.5. The molecule has 1 heterocycles. The summed E-state index contributed by atoms with van der Waals surface area (Å²) >= 11 is 5.83. The second-order valence-corrected chi connectivity index (χ2v) is 8.64. The molecule has 2 aromatic carbocycles. The molecule has 2 aromatic rings. The zero-order chi connectivity index (χ0) is 24.3. The lowest BCUT2D eigenvalue weighted by Crippen LogP contribution is -2.55. The molecule has 7 nitrogen and oxygen atoms in total. The fourth-order valence-corrected chi connectivity index (χ4v) is 3.74. The molecular weight excluding hydrogens is 453 g/mol. The monoisotopic (exact) mass is 477 g/mol. The highest BCUT2D eigenvalue weighted by Crippen LogP contribution is 2.42. The number of hydrogen-bond acceptors (Lipinski definition) is 6. The van der Waals surface area contributed by atoms with Gasteiger partial charge in [0.2, 0.25) is 0 Å². The van der Waals surface area contributed by atoms with Gasteiger partial charge in [-0.1, -0.05) is 18.5 Å². The first kappa shape index (κ1) is 24.5. The summed E-state index contributed by atoms with van der Waals surface area (Å²) in [4.78, 5) is 37.3. The van der Waals surface area contributed by atoms with Gasteiger partial charge in [0.05, 0.1) is 17.7 Å². The Bertz CT molecular complexity index is 1090. The van der Waals surface area contributed by atoms with Gasteiger partial charge in [-0.25, -0.2) is 9.18 Å². The van der Waals surface area contributed by atoms with E-state index in [1.165, 1.54) is 19.1 Å². The number of carbonyl (C=O) groups is 3. The second-order valence-electron chi connectivity index (χ2n) is 8.23. The lowest BCUT2D eigenvalue weighted by atomic mass is 9.85. The van der Waals surface area contributed by atoms with E-state index in [2.05, 4.69) is 5.32 Å². The Hall–Kier alpha value is -3.13. The fourth-order valence-electron chi connectivity index (χ4n) is 3.56. The minimum atomic E-state index is -1.06. The molecule has 176 valence electrons. The van der Waals surface area contributed by atoms with E-state index in [0.29, 0.717) is 23.3 Å². The number of nitrogens with one attached hydrogen (secondary N) is 1. The van der Waals surface area contributed by atoms with Crippen LogP contribution in [0, 0.1) is 5.82 Å². The van der Waals surface area contributed by atoms with Crippen LogP contribution in [0.1, 0.15) is 66.4 Å². The Labute approximate surface area is 196 Å². The number of halogens is 2. The van der Waals surface area contributed by atoms with Crippen molar-refractivity contribution in [2.75, 3.05) is 6.61 Å². The molecule has 2 atom stereocenters. The third-order valence-corrected chi connectivity index (χ3v) is 5.52. The Morgan fingerprint density at radius 3 is 2.48 bits per heavy atom. The van der Waals surface area contributed by atoms with Crippen LogP contribution in [0.5, 0.6) is 5.75 Å². The van der Waals surface area contributed by atoms with Crippen LogP contribution in [-0.4, -0.2) is 36.2 Å². The molecule has 0 bridgehead atoms. The number of benzene rings is 2. The number of ketones is 1. The van der Waals surface area contributed by atoms with E-state index in [9.17, 15) is 18.8 Å². The minimum Gasteiger partial charge on any atom is -0.484 e. The van der Waals surface area contributed by atoms with Crippen molar-refractivity contribution in [2.24, 2.45) is 0 Å². The van der Waals surface area contributed by atoms with Crippen molar-refractivity contribution in [3.05, 3.63) is 63.9 Å². The molecular formula is C24H25ClFNO6. The summed E-state index contributed by atoms with van der Waals surface area (Å²) in [6, 6.07) is 7.52. The highest BCUT2D eigenvalue weighted by molar-refractivity contribution is 6.31. The topological polar surface area (TPSA) is 90.9 Å². The van der Waals surface area contributed by atoms with Crippen molar-refractivity contribution in [1.29, 1.82) is 0 Å². The van der Waals surface area contributed by atoms with Crippen LogP contribution in [0.25, 0.3) is 0 Å². The highest BCUT2D eigenvalue weighted by Gasteiger charge is 2.48. The maximum atomic E-state index is 13.6. The summed E-state index contributed by atoms with van der Waals surface area (Å²) < 4.78 is 30.3. The van der Waals surface area contributed by atoms with Crippen LogP contribution >= 0.6 is 11.6 Å². The standard InChI is InChI=1S/C24H25ClFNO6/c1-5-10-31-23(30)32-21-20(27-22(29)15-6-8-18(26)17(25)12-15)16-11-14(13(2)28)7-9-19(16)33-24(21,3)4/h6-9,11-12,20-21H,5,10H2,1-4H3,(H,27,29)/t20-,21-/m0/s1. The Morgan fingerprint density at radius 2 is 1.85 bits per heavy atom. The second kappa shape index (κ2) is 9.79. The molecule has 3 rings (SSSR count). The van der Waals surface area contributed by atoms with Gasteiger partial charge in [-0.15, -0.1) is 0 Å². The first-order valence-corrected chi connectivity index (χ1v) is 10.8. The quantitative estimate of drug-likeness (QED) is 0.451. The van der Waals surface area contributed by atoms with Crippen LogP contribution in [0.3, 0.4) is 0 Å². The van der Waals surface area contributed by atoms with Gasteiger partial charge in [0.25, 0.3) is 5.91 Å². The first-order valence-electron chi connectivity index (χ1n) is 10.5. The van der Waals surface area contributed by atoms with Gasteiger partial charge in [-0.3, -0.25) is 9.59 Å². The van der Waals surface area contributed by atoms with Crippen molar-refractivity contribution in [2.45, 2.75) is 51.9 Å². The molecule has 0 aliphatic carbocycles. The number of fused-ring (bicyclic) bond motifs is 1. The molecule has 1 amide bonds. The number of carbonyl (C=O) groups excluding carboxylic acids is 3. The highest BCUT2D eigenvalue weighted by atomic mass is 35.5. The molecule has 0 saturated carbocycles. The van der Waals surface area contributed by atoms with Gasteiger partial charge >= 0.3 is 6.16 Å².